The highest BCUT2D eigenvalue weighted by Crippen LogP contribution is 2.35. The van der Waals surface area contributed by atoms with Crippen molar-refractivity contribution in [2.75, 3.05) is 5.32 Å². The average Bonchev–Trinajstić information content (AvgIpc) is 2.38. The largest absolute Gasteiger partial charge is 0.504 e. The van der Waals surface area contributed by atoms with Gasteiger partial charge in [-0.3, -0.25) is 4.79 Å². The Balaban J connectivity index is 2.23. The molecule has 0 radical (unpaired) electrons. The molecule has 0 atom stereocenters. The summed E-state index contributed by atoms with van der Waals surface area (Å²) in [6.07, 6.45) is 0. The van der Waals surface area contributed by atoms with Crippen molar-refractivity contribution in [2.45, 2.75) is 0 Å². The summed E-state index contributed by atoms with van der Waals surface area (Å²) in [5.74, 6) is -2.38. The zero-order chi connectivity index (χ0) is 14.0. The van der Waals surface area contributed by atoms with E-state index in [2.05, 4.69) is 15.5 Å². The van der Waals surface area contributed by atoms with Crippen LogP contribution < -0.4 is 5.32 Å². The van der Waals surface area contributed by atoms with Crippen molar-refractivity contribution in [3.8, 4) is 17.2 Å². The molecule has 7 nitrogen and oxygen atoms in total. The van der Waals surface area contributed by atoms with Gasteiger partial charge in [-0.25, -0.2) is 0 Å². The van der Waals surface area contributed by atoms with Gasteiger partial charge in [-0.15, -0.1) is 10.2 Å². The number of phenols is 3. The smallest absolute Gasteiger partial charge is 0.257 e. The van der Waals surface area contributed by atoms with E-state index < -0.39 is 23.2 Å². The molecule has 98 valence electrons. The molecule has 0 saturated heterocycles. The molecule has 0 fully saturated rings. The summed E-state index contributed by atoms with van der Waals surface area (Å²) in [6.45, 7) is 0. The van der Waals surface area contributed by atoms with E-state index in [1.54, 1.807) is 0 Å². The summed E-state index contributed by atoms with van der Waals surface area (Å²) in [6, 6.07) is 4.89. The lowest BCUT2D eigenvalue weighted by Gasteiger charge is -2.06. The second-order valence-electron chi connectivity index (χ2n) is 3.56. The maximum absolute atomic E-state index is 11.8. The number of rotatable bonds is 2. The molecule has 1 heterocycles. The van der Waals surface area contributed by atoms with Gasteiger partial charge in [-0.05, 0) is 24.3 Å². The maximum atomic E-state index is 11.8. The van der Waals surface area contributed by atoms with Crippen molar-refractivity contribution >= 4 is 23.3 Å². The van der Waals surface area contributed by atoms with E-state index in [-0.39, 0.29) is 16.5 Å². The zero-order valence-corrected chi connectivity index (χ0v) is 10.1. The Labute approximate surface area is 112 Å². The summed E-state index contributed by atoms with van der Waals surface area (Å²) in [7, 11) is 0. The molecular weight excluding hydrogens is 274 g/mol. The van der Waals surface area contributed by atoms with E-state index in [1.165, 1.54) is 12.1 Å². The summed E-state index contributed by atoms with van der Waals surface area (Å²) < 4.78 is 0. The Bertz CT molecular complexity index is 607. The third-order valence-electron chi connectivity index (χ3n) is 2.21. The summed E-state index contributed by atoms with van der Waals surface area (Å²) in [5, 5.41) is 37.5. The number of aromatic nitrogens is 2. The highest BCUT2D eigenvalue weighted by atomic mass is 35.5. The average molecular weight is 282 g/mol. The molecule has 8 heteroatoms. The molecule has 0 aliphatic carbocycles. The van der Waals surface area contributed by atoms with Crippen LogP contribution in [0.5, 0.6) is 17.2 Å². The molecule has 1 aromatic heterocycles. The maximum Gasteiger partial charge on any atom is 0.257 e. The van der Waals surface area contributed by atoms with E-state index in [0.717, 1.165) is 12.1 Å². The molecule has 2 rings (SSSR count). The van der Waals surface area contributed by atoms with Gasteiger partial charge in [0.15, 0.2) is 28.2 Å². The molecule has 4 N–H and O–H groups in total. The van der Waals surface area contributed by atoms with Gasteiger partial charge in [-0.1, -0.05) is 11.6 Å². The van der Waals surface area contributed by atoms with E-state index in [1.807, 2.05) is 0 Å². The van der Waals surface area contributed by atoms with Gasteiger partial charge in [0.2, 0.25) is 0 Å². The normalized spacial score (nSPS) is 10.2. The SMILES string of the molecule is O=C(Nc1ccc(Cl)nn1)c1cc(O)c(O)c(O)c1. The van der Waals surface area contributed by atoms with Crippen LogP contribution in [-0.2, 0) is 0 Å². The fraction of sp³-hybridized carbons (Fsp3) is 0. The van der Waals surface area contributed by atoms with Gasteiger partial charge in [0.1, 0.15) is 0 Å². The number of hydrogen-bond donors (Lipinski definition) is 4. The highest BCUT2D eigenvalue weighted by Gasteiger charge is 2.14. The quantitative estimate of drug-likeness (QED) is 0.620. The van der Waals surface area contributed by atoms with Crippen LogP contribution in [0.3, 0.4) is 0 Å². The summed E-state index contributed by atoms with van der Waals surface area (Å²) in [4.78, 5) is 11.8. The van der Waals surface area contributed by atoms with Crippen molar-refractivity contribution in [1.82, 2.24) is 10.2 Å². The molecule has 0 bridgehead atoms. The number of anilines is 1. The molecule has 1 aromatic carbocycles. The van der Waals surface area contributed by atoms with Crippen LogP contribution in [0.2, 0.25) is 5.15 Å². The lowest BCUT2D eigenvalue weighted by Crippen LogP contribution is -2.13. The fourth-order valence-corrected chi connectivity index (χ4v) is 1.41. The second-order valence-corrected chi connectivity index (χ2v) is 3.95. The van der Waals surface area contributed by atoms with E-state index in [0.29, 0.717) is 0 Å². The van der Waals surface area contributed by atoms with Crippen LogP contribution in [0.4, 0.5) is 5.82 Å². The number of amides is 1. The van der Waals surface area contributed by atoms with Crippen LogP contribution in [-0.4, -0.2) is 31.4 Å². The Morgan fingerprint density at radius 3 is 2.26 bits per heavy atom. The standard InChI is InChI=1S/C11H8ClN3O4/c12-8-1-2-9(15-14-8)13-11(19)5-3-6(16)10(18)7(17)4-5/h1-4,16-18H,(H,13,15,19). The predicted molar refractivity (Wildman–Crippen MR) is 66.4 cm³/mol. The van der Waals surface area contributed by atoms with Gasteiger partial charge in [0.25, 0.3) is 5.91 Å². The van der Waals surface area contributed by atoms with E-state index in [4.69, 9.17) is 16.7 Å². The van der Waals surface area contributed by atoms with Crippen LogP contribution in [0.25, 0.3) is 0 Å². The van der Waals surface area contributed by atoms with Gasteiger partial charge in [-0.2, -0.15) is 0 Å². The predicted octanol–water partition coefficient (Wildman–Crippen LogP) is 1.50. The zero-order valence-electron chi connectivity index (χ0n) is 9.33. The number of hydrogen-bond acceptors (Lipinski definition) is 6. The van der Waals surface area contributed by atoms with Gasteiger partial charge in [0, 0.05) is 5.56 Å². The van der Waals surface area contributed by atoms with Crippen LogP contribution in [0, 0.1) is 0 Å². The third-order valence-corrected chi connectivity index (χ3v) is 2.41. The van der Waals surface area contributed by atoms with Gasteiger partial charge in [0.05, 0.1) is 0 Å². The van der Waals surface area contributed by atoms with Crippen LogP contribution in [0.15, 0.2) is 24.3 Å². The number of benzene rings is 1. The Morgan fingerprint density at radius 2 is 1.74 bits per heavy atom. The van der Waals surface area contributed by atoms with Gasteiger partial charge < -0.3 is 20.6 Å². The van der Waals surface area contributed by atoms with Crippen LogP contribution in [0.1, 0.15) is 10.4 Å². The number of aromatic hydroxyl groups is 3. The minimum atomic E-state index is -0.692. The third kappa shape index (κ3) is 2.83. The first-order valence-electron chi connectivity index (χ1n) is 5.03. The number of carbonyl (C=O) groups is 1. The van der Waals surface area contributed by atoms with Crippen LogP contribution >= 0.6 is 11.6 Å². The molecule has 1 amide bonds. The number of halogens is 1. The molecule has 0 aliphatic heterocycles. The van der Waals surface area contributed by atoms with Crippen molar-refractivity contribution < 1.29 is 20.1 Å². The second kappa shape index (κ2) is 4.99. The van der Waals surface area contributed by atoms with Gasteiger partial charge >= 0.3 is 0 Å². The Morgan fingerprint density at radius 1 is 1.11 bits per heavy atom. The molecular formula is C11H8ClN3O4. The summed E-state index contributed by atoms with van der Waals surface area (Å²) in [5.41, 5.74) is -0.0513. The minimum absolute atomic E-state index is 0.0513. The molecule has 19 heavy (non-hydrogen) atoms. The topological polar surface area (TPSA) is 116 Å². The first-order chi connectivity index (χ1) is 8.97. The van der Waals surface area contributed by atoms with E-state index >= 15 is 0 Å². The molecule has 0 spiro atoms. The molecule has 0 unspecified atom stereocenters. The number of nitrogens with one attached hydrogen (secondary N) is 1. The van der Waals surface area contributed by atoms with Crippen molar-refractivity contribution in [1.29, 1.82) is 0 Å². The first kappa shape index (κ1) is 12.9. The minimum Gasteiger partial charge on any atom is -0.504 e. The van der Waals surface area contributed by atoms with Crippen molar-refractivity contribution in [3.63, 3.8) is 0 Å². The fourth-order valence-electron chi connectivity index (χ4n) is 1.31. The first-order valence-corrected chi connectivity index (χ1v) is 5.40. The monoisotopic (exact) mass is 281 g/mol. The highest BCUT2D eigenvalue weighted by molar-refractivity contribution is 6.29. The van der Waals surface area contributed by atoms with Crippen molar-refractivity contribution in [2.24, 2.45) is 0 Å². The lowest BCUT2D eigenvalue weighted by atomic mass is 10.1. The number of carbonyl (C=O) groups excluding carboxylic acids is 1. The number of phenolic OH excluding ortho intramolecular Hbond substituents is 3. The lowest BCUT2D eigenvalue weighted by molar-refractivity contribution is 0.102. The van der Waals surface area contributed by atoms with Crippen molar-refractivity contribution in [3.05, 3.63) is 35.0 Å². The van der Waals surface area contributed by atoms with E-state index in [9.17, 15) is 15.0 Å². The molecule has 0 aliphatic rings. The number of nitrogens with zero attached hydrogens (tertiary/aromatic N) is 2. The Hall–Kier alpha value is -2.54. The molecule has 2 aromatic rings. The molecule has 0 saturated carbocycles. The summed E-state index contributed by atoms with van der Waals surface area (Å²) >= 11 is 5.54. The Kier molecular flexibility index (Phi) is 3.39.